The molecule has 0 radical (unpaired) electrons. The van der Waals surface area contributed by atoms with E-state index in [-0.39, 0.29) is 40.1 Å². The fourth-order valence-corrected chi connectivity index (χ4v) is 3.54. The van der Waals surface area contributed by atoms with Gasteiger partial charge in [0.1, 0.15) is 34.3 Å². The highest BCUT2D eigenvalue weighted by Gasteiger charge is 2.42. The second-order valence-electron chi connectivity index (χ2n) is 7.30. The zero-order valence-corrected chi connectivity index (χ0v) is 15.5. The fraction of sp³-hybridized carbons (Fsp3) is 0.286. The van der Waals surface area contributed by atoms with Crippen LogP contribution in [0.3, 0.4) is 0 Å². The minimum Gasteiger partial charge on any atom is -0.508 e. The number of ether oxygens (including phenoxy) is 2. The smallest absolute Gasteiger partial charge is 0.239 e. The molecule has 1 aliphatic heterocycles. The predicted molar refractivity (Wildman–Crippen MR) is 101 cm³/mol. The van der Waals surface area contributed by atoms with Crippen LogP contribution >= 0.6 is 0 Å². The van der Waals surface area contributed by atoms with Crippen LogP contribution in [0.5, 0.6) is 23.0 Å². The molecule has 2 N–H and O–H groups in total. The quantitative estimate of drug-likeness (QED) is 0.712. The molecular weight excluding hydrogens is 348 g/mol. The molecule has 0 amide bonds. The predicted octanol–water partition coefficient (Wildman–Crippen LogP) is 3.94. The van der Waals surface area contributed by atoms with Gasteiger partial charge in [-0.25, -0.2) is 0 Å². The van der Waals surface area contributed by atoms with E-state index in [1.54, 1.807) is 12.1 Å². The Morgan fingerprint density at radius 2 is 1.81 bits per heavy atom. The lowest BCUT2D eigenvalue weighted by Gasteiger charge is -2.23. The fourth-order valence-electron chi connectivity index (χ4n) is 3.54. The van der Waals surface area contributed by atoms with Crippen LogP contribution < -0.4 is 14.9 Å². The molecule has 1 aliphatic rings. The minimum absolute atomic E-state index is 0.00629. The molecule has 27 heavy (non-hydrogen) atoms. The molecule has 0 saturated carbocycles. The van der Waals surface area contributed by atoms with Gasteiger partial charge in [-0.05, 0) is 31.2 Å². The van der Waals surface area contributed by atoms with Crippen molar-refractivity contribution in [2.24, 2.45) is 0 Å². The highest BCUT2D eigenvalue weighted by molar-refractivity contribution is 5.92. The maximum atomic E-state index is 13.1. The van der Waals surface area contributed by atoms with Gasteiger partial charge in [0, 0.05) is 22.6 Å². The van der Waals surface area contributed by atoms with E-state index in [1.807, 2.05) is 20.8 Å². The van der Waals surface area contributed by atoms with E-state index in [1.165, 1.54) is 25.3 Å². The van der Waals surface area contributed by atoms with E-state index in [9.17, 15) is 15.0 Å². The maximum Gasteiger partial charge on any atom is 0.239 e. The summed E-state index contributed by atoms with van der Waals surface area (Å²) in [6.45, 7) is 5.94. The van der Waals surface area contributed by atoms with Crippen molar-refractivity contribution in [2.45, 2.75) is 32.3 Å². The van der Waals surface area contributed by atoms with Crippen molar-refractivity contribution in [3.63, 3.8) is 0 Å². The molecule has 0 bridgehead atoms. The number of fused-ring (bicyclic) bond motifs is 3. The summed E-state index contributed by atoms with van der Waals surface area (Å²) in [5, 5.41) is 20.1. The highest BCUT2D eigenvalue weighted by Crippen LogP contribution is 2.49. The molecule has 6 heteroatoms. The largest absolute Gasteiger partial charge is 0.508 e. The minimum atomic E-state index is -0.461. The SMILES string of the molecule is COc1c(-c2ccc(O)cc2)oc2c3c(cc(O)c2c1=O)O[C@H](C)C3(C)C. The molecule has 2 heterocycles. The summed E-state index contributed by atoms with van der Waals surface area (Å²) in [7, 11) is 1.38. The van der Waals surface area contributed by atoms with E-state index >= 15 is 0 Å². The Hall–Kier alpha value is -3.15. The molecule has 0 fully saturated rings. The van der Waals surface area contributed by atoms with Crippen molar-refractivity contribution in [3.05, 3.63) is 46.1 Å². The number of hydrogen-bond acceptors (Lipinski definition) is 6. The number of hydrogen-bond donors (Lipinski definition) is 2. The molecule has 0 saturated heterocycles. The molecule has 3 aromatic rings. The first-order valence-electron chi connectivity index (χ1n) is 8.63. The molecule has 1 atom stereocenters. The van der Waals surface area contributed by atoms with E-state index in [0.29, 0.717) is 11.3 Å². The lowest BCUT2D eigenvalue weighted by molar-refractivity contribution is 0.185. The lowest BCUT2D eigenvalue weighted by Crippen LogP contribution is -2.29. The van der Waals surface area contributed by atoms with Gasteiger partial charge in [-0.3, -0.25) is 4.79 Å². The monoisotopic (exact) mass is 368 g/mol. The highest BCUT2D eigenvalue weighted by atomic mass is 16.5. The molecule has 0 spiro atoms. The zero-order chi connectivity index (χ0) is 19.5. The molecule has 4 rings (SSSR count). The Labute approximate surface area is 155 Å². The van der Waals surface area contributed by atoms with Crippen LogP contribution in [0.1, 0.15) is 26.3 Å². The number of phenols is 2. The van der Waals surface area contributed by atoms with Crippen LogP contribution in [0.15, 0.2) is 39.5 Å². The third kappa shape index (κ3) is 2.36. The molecular formula is C21H20O6. The summed E-state index contributed by atoms with van der Waals surface area (Å²) < 4.78 is 17.3. The lowest BCUT2D eigenvalue weighted by atomic mass is 9.81. The van der Waals surface area contributed by atoms with Crippen molar-refractivity contribution < 1.29 is 24.1 Å². The van der Waals surface area contributed by atoms with Crippen molar-refractivity contribution in [2.75, 3.05) is 7.11 Å². The van der Waals surface area contributed by atoms with Gasteiger partial charge in [0.2, 0.25) is 11.2 Å². The average molecular weight is 368 g/mol. The van der Waals surface area contributed by atoms with Crippen LogP contribution in [0, 0.1) is 0 Å². The first-order chi connectivity index (χ1) is 12.8. The summed E-state index contributed by atoms with van der Waals surface area (Å²) in [6.07, 6.45) is -0.151. The number of methoxy groups -OCH3 is 1. The standard InChI is InChI=1S/C21H20O6/c1-10-21(2,3)16-14(26-10)9-13(23)15-17(24)20(25-4)18(27-19(15)16)11-5-7-12(22)8-6-11/h5-10,22-23H,1-4H3/t10-/m1/s1. The second kappa shape index (κ2) is 5.67. The molecule has 140 valence electrons. The first-order valence-corrected chi connectivity index (χ1v) is 8.63. The Morgan fingerprint density at radius 1 is 1.15 bits per heavy atom. The van der Waals surface area contributed by atoms with Gasteiger partial charge in [0.25, 0.3) is 0 Å². The van der Waals surface area contributed by atoms with E-state index in [4.69, 9.17) is 13.9 Å². The third-order valence-electron chi connectivity index (χ3n) is 5.37. The van der Waals surface area contributed by atoms with Gasteiger partial charge in [-0.2, -0.15) is 0 Å². The Morgan fingerprint density at radius 3 is 2.44 bits per heavy atom. The third-order valence-corrected chi connectivity index (χ3v) is 5.37. The van der Waals surface area contributed by atoms with Crippen molar-refractivity contribution in [1.82, 2.24) is 0 Å². The van der Waals surface area contributed by atoms with E-state index < -0.39 is 10.8 Å². The molecule has 2 aromatic carbocycles. The van der Waals surface area contributed by atoms with Gasteiger partial charge in [0.05, 0.1) is 7.11 Å². The Balaban J connectivity index is 2.15. The van der Waals surface area contributed by atoms with Gasteiger partial charge in [-0.1, -0.05) is 13.8 Å². The summed E-state index contributed by atoms with van der Waals surface area (Å²) in [4.78, 5) is 13.1. The van der Waals surface area contributed by atoms with Crippen LogP contribution in [0.25, 0.3) is 22.3 Å². The van der Waals surface area contributed by atoms with E-state index in [0.717, 1.165) is 5.56 Å². The summed E-state index contributed by atoms with van der Waals surface area (Å²) in [5.74, 6) is 0.620. The van der Waals surface area contributed by atoms with Crippen LogP contribution in [0.4, 0.5) is 0 Å². The second-order valence-corrected chi connectivity index (χ2v) is 7.30. The molecule has 6 nitrogen and oxygen atoms in total. The molecule has 1 aromatic heterocycles. The van der Waals surface area contributed by atoms with Crippen molar-refractivity contribution in [3.8, 4) is 34.3 Å². The number of rotatable bonds is 2. The summed E-state index contributed by atoms with van der Waals surface area (Å²) in [5.41, 5.74) is 0.719. The number of benzene rings is 2. The van der Waals surface area contributed by atoms with Crippen molar-refractivity contribution >= 4 is 11.0 Å². The number of phenolic OH excluding ortho intramolecular Hbond substituents is 2. The van der Waals surface area contributed by atoms with Crippen molar-refractivity contribution in [1.29, 1.82) is 0 Å². The molecule has 0 unspecified atom stereocenters. The zero-order valence-electron chi connectivity index (χ0n) is 15.5. The van der Waals surface area contributed by atoms with Crippen LogP contribution in [-0.2, 0) is 5.41 Å². The van der Waals surface area contributed by atoms with Gasteiger partial charge >= 0.3 is 0 Å². The van der Waals surface area contributed by atoms with Gasteiger partial charge < -0.3 is 24.1 Å². The first kappa shape index (κ1) is 17.3. The average Bonchev–Trinajstić information content (AvgIpc) is 2.83. The van der Waals surface area contributed by atoms with Gasteiger partial charge in [0.15, 0.2) is 5.76 Å². The summed E-state index contributed by atoms with van der Waals surface area (Å²) in [6, 6.07) is 7.73. The molecule has 0 aliphatic carbocycles. The van der Waals surface area contributed by atoms with E-state index in [2.05, 4.69) is 0 Å². The maximum absolute atomic E-state index is 13.1. The summed E-state index contributed by atoms with van der Waals surface area (Å²) >= 11 is 0. The van der Waals surface area contributed by atoms with Gasteiger partial charge in [-0.15, -0.1) is 0 Å². The van der Waals surface area contributed by atoms with Crippen LogP contribution in [0.2, 0.25) is 0 Å². The van der Waals surface area contributed by atoms with Crippen LogP contribution in [-0.4, -0.2) is 23.4 Å². The number of aromatic hydroxyl groups is 2. The normalized spacial score (nSPS) is 17.6. The Kier molecular flexibility index (Phi) is 3.63. The topological polar surface area (TPSA) is 89.1 Å². The Bertz CT molecular complexity index is 1110.